The number of hydrogen-bond donors (Lipinski definition) is 0. The van der Waals surface area contributed by atoms with Crippen molar-refractivity contribution in [1.29, 1.82) is 0 Å². The molecular weight excluding hydrogens is 268 g/mol. The average molecular weight is 294 g/mol. The Balaban J connectivity index is 1.69. The Hall–Kier alpha value is -1.10. The van der Waals surface area contributed by atoms with Crippen molar-refractivity contribution < 1.29 is 14.3 Å². The third-order valence-corrected chi connectivity index (χ3v) is 5.29. The molecule has 0 bridgehead atoms. The molecule has 0 radical (unpaired) electrons. The van der Waals surface area contributed by atoms with Gasteiger partial charge in [0.25, 0.3) is 0 Å². The van der Waals surface area contributed by atoms with Crippen molar-refractivity contribution in [2.24, 2.45) is 11.3 Å². The molecule has 118 valence electrons. The van der Waals surface area contributed by atoms with E-state index in [1.807, 2.05) is 23.6 Å². The fourth-order valence-corrected chi connectivity index (χ4v) is 3.69. The van der Waals surface area contributed by atoms with E-state index in [-0.39, 0.29) is 29.9 Å². The van der Waals surface area contributed by atoms with Crippen LogP contribution in [0.1, 0.15) is 39.5 Å². The SMILES string of the molecule is CC(C)N1CC2(CCN(C(=O)C3CCC3)C2)COCC1=O. The molecule has 0 N–H and O–H groups in total. The van der Waals surface area contributed by atoms with Gasteiger partial charge in [0.05, 0.1) is 6.61 Å². The molecule has 5 nitrogen and oxygen atoms in total. The van der Waals surface area contributed by atoms with Gasteiger partial charge in [0, 0.05) is 37.0 Å². The Morgan fingerprint density at radius 3 is 2.71 bits per heavy atom. The molecule has 3 rings (SSSR count). The minimum absolute atomic E-state index is 0.0597. The highest BCUT2D eigenvalue weighted by atomic mass is 16.5. The summed E-state index contributed by atoms with van der Waals surface area (Å²) in [6.45, 7) is 7.15. The second-order valence-electron chi connectivity index (χ2n) is 7.25. The molecule has 3 fully saturated rings. The van der Waals surface area contributed by atoms with Crippen LogP contribution >= 0.6 is 0 Å². The van der Waals surface area contributed by atoms with E-state index >= 15 is 0 Å². The first-order valence-corrected chi connectivity index (χ1v) is 8.17. The summed E-state index contributed by atoms with van der Waals surface area (Å²) in [5, 5.41) is 0. The molecule has 21 heavy (non-hydrogen) atoms. The van der Waals surface area contributed by atoms with Crippen LogP contribution in [0.15, 0.2) is 0 Å². The molecule has 2 heterocycles. The van der Waals surface area contributed by atoms with Crippen LogP contribution in [-0.4, -0.2) is 60.5 Å². The maximum atomic E-state index is 12.4. The third kappa shape index (κ3) is 2.80. The molecule has 1 saturated carbocycles. The second kappa shape index (κ2) is 5.59. The molecule has 0 aromatic rings. The zero-order valence-electron chi connectivity index (χ0n) is 13.1. The molecule has 3 aliphatic rings. The number of carbonyl (C=O) groups excluding carboxylic acids is 2. The summed E-state index contributed by atoms with van der Waals surface area (Å²) in [6.07, 6.45) is 4.24. The topological polar surface area (TPSA) is 49.9 Å². The summed E-state index contributed by atoms with van der Waals surface area (Å²) in [4.78, 5) is 28.5. The predicted octanol–water partition coefficient (Wildman–Crippen LogP) is 1.27. The minimum Gasteiger partial charge on any atom is -0.371 e. The van der Waals surface area contributed by atoms with Crippen LogP contribution in [0.2, 0.25) is 0 Å². The molecule has 2 amide bonds. The Morgan fingerprint density at radius 2 is 2.10 bits per heavy atom. The van der Waals surface area contributed by atoms with Gasteiger partial charge in [-0.25, -0.2) is 0 Å². The van der Waals surface area contributed by atoms with Crippen molar-refractivity contribution in [2.75, 3.05) is 32.8 Å². The molecular formula is C16H26N2O3. The van der Waals surface area contributed by atoms with Crippen molar-refractivity contribution in [1.82, 2.24) is 9.80 Å². The van der Waals surface area contributed by atoms with Crippen LogP contribution in [0.4, 0.5) is 0 Å². The fraction of sp³-hybridized carbons (Fsp3) is 0.875. The van der Waals surface area contributed by atoms with Gasteiger partial charge >= 0.3 is 0 Å². The molecule has 0 aromatic heterocycles. The monoisotopic (exact) mass is 294 g/mol. The summed E-state index contributed by atoms with van der Waals surface area (Å²) in [6, 6.07) is 0.187. The molecule has 1 spiro atoms. The van der Waals surface area contributed by atoms with Gasteiger partial charge < -0.3 is 14.5 Å². The number of likely N-dealkylation sites (tertiary alicyclic amines) is 1. The Morgan fingerprint density at radius 1 is 1.33 bits per heavy atom. The first kappa shape index (κ1) is 14.8. The van der Waals surface area contributed by atoms with E-state index in [1.165, 1.54) is 6.42 Å². The number of nitrogens with zero attached hydrogens (tertiary/aromatic N) is 2. The lowest BCUT2D eigenvalue weighted by Crippen LogP contribution is -2.46. The van der Waals surface area contributed by atoms with E-state index < -0.39 is 0 Å². The highest BCUT2D eigenvalue weighted by Crippen LogP contribution is 2.37. The van der Waals surface area contributed by atoms with Gasteiger partial charge in [-0.05, 0) is 33.1 Å². The van der Waals surface area contributed by atoms with Crippen molar-refractivity contribution in [2.45, 2.75) is 45.6 Å². The van der Waals surface area contributed by atoms with E-state index in [0.717, 1.165) is 38.9 Å². The zero-order valence-corrected chi connectivity index (χ0v) is 13.1. The lowest BCUT2D eigenvalue weighted by Gasteiger charge is -2.35. The van der Waals surface area contributed by atoms with Crippen LogP contribution in [0, 0.1) is 11.3 Å². The normalized spacial score (nSPS) is 30.9. The average Bonchev–Trinajstić information content (AvgIpc) is 2.70. The van der Waals surface area contributed by atoms with E-state index in [1.54, 1.807) is 0 Å². The molecule has 2 saturated heterocycles. The minimum atomic E-state index is -0.0597. The summed E-state index contributed by atoms with van der Waals surface area (Å²) < 4.78 is 5.62. The van der Waals surface area contributed by atoms with Crippen molar-refractivity contribution >= 4 is 11.8 Å². The van der Waals surface area contributed by atoms with Crippen molar-refractivity contribution in [3.05, 3.63) is 0 Å². The molecule has 5 heteroatoms. The van der Waals surface area contributed by atoms with Gasteiger partial charge in [-0.15, -0.1) is 0 Å². The first-order valence-electron chi connectivity index (χ1n) is 8.17. The number of amides is 2. The highest BCUT2D eigenvalue weighted by molar-refractivity contribution is 5.80. The summed E-state index contributed by atoms with van der Waals surface area (Å²) >= 11 is 0. The maximum Gasteiger partial charge on any atom is 0.248 e. The largest absolute Gasteiger partial charge is 0.371 e. The molecule has 1 atom stereocenters. The van der Waals surface area contributed by atoms with Gasteiger partial charge in [-0.3, -0.25) is 9.59 Å². The summed E-state index contributed by atoms with van der Waals surface area (Å²) in [7, 11) is 0. The smallest absolute Gasteiger partial charge is 0.248 e. The standard InChI is InChI=1S/C16H26N2O3/c1-12(2)18-10-16(11-21-8-14(18)19)6-7-17(9-16)15(20)13-4-3-5-13/h12-13H,3-11H2,1-2H3. The zero-order chi connectivity index (χ0) is 15.0. The second-order valence-corrected chi connectivity index (χ2v) is 7.25. The molecule has 0 aromatic carbocycles. The lowest BCUT2D eigenvalue weighted by molar-refractivity contribution is -0.137. The van der Waals surface area contributed by atoms with Gasteiger partial charge in [-0.1, -0.05) is 6.42 Å². The van der Waals surface area contributed by atoms with Crippen molar-refractivity contribution in [3.63, 3.8) is 0 Å². The van der Waals surface area contributed by atoms with Crippen LogP contribution in [0.25, 0.3) is 0 Å². The third-order valence-electron chi connectivity index (χ3n) is 5.29. The van der Waals surface area contributed by atoms with E-state index in [9.17, 15) is 9.59 Å². The molecule has 1 aliphatic carbocycles. The Kier molecular flexibility index (Phi) is 3.95. The quantitative estimate of drug-likeness (QED) is 0.771. The first-order chi connectivity index (χ1) is 10.0. The summed E-state index contributed by atoms with van der Waals surface area (Å²) in [5.41, 5.74) is -0.0597. The van der Waals surface area contributed by atoms with Crippen molar-refractivity contribution in [3.8, 4) is 0 Å². The van der Waals surface area contributed by atoms with E-state index in [2.05, 4.69) is 0 Å². The molecule has 1 unspecified atom stereocenters. The van der Waals surface area contributed by atoms with Crippen LogP contribution in [-0.2, 0) is 14.3 Å². The number of rotatable bonds is 2. The lowest BCUT2D eigenvalue weighted by atomic mass is 9.84. The van der Waals surface area contributed by atoms with Crippen LogP contribution in [0.5, 0.6) is 0 Å². The van der Waals surface area contributed by atoms with Gasteiger partial charge in [0.2, 0.25) is 11.8 Å². The van der Waals surface area contributed by atoms with Gasteiger partial charge in [0.1, 0.15) is 6.61 Å². The number of carbonyl (C=O) groups is 2. The van der Waals surface area contributed by atoms with E-state index in [0.29, 0.717) is 12.5 Å². The van der Waals surface area contributed by atoms with Crippen LogP contribution in [0.3, 0.4) is 0 Å². The Bertz CT molecular complexity index is 433. The van der Waals surface area contributed by atoms with E-state index in [4.69, 9.17) is 4.74 Å². The van der Waals surface area contributed by atoms with Gasteiger partial charge in [-0.2, -0.15) is 0 Å². The molecule has 2 aliphatic heterocycles. The maximum absolute atomic E-state index is 12.4. The number of ether oxygens (including phenoxy) is 1. The fourth-order valence-electron chi connectivity index (χ4n) is 3.69. The van der Waals surface area contributed by atoms with Crippen LogP contribution < -0.4 is 0 Å². The predicted molar refractivity (Wildman–Crippen MR) is 78.6 cm³/mol. The highest BCUT2D eigenvalue weighted by Gasteiger charge is 2.45. The Labute approximate surface area is 126 Å². The van der Waals surface area contributed by atoms with Gasteiger partial charge in [0.15, 0.2) is 0 Å². The number of hydrogen-bond acceptors (Lipinski definition) is 3. The summed E-state index contributed by atoms with van der Waals surface area (Å²) in [5.74, 6) is 0.658.